The van der Waals surface area contributed by atoms with Crippen molar-refractivity contribution in [1.82, 2.24) is 14.5 Å². The fourth-order valence-electron chi connectivity index (χ4n) is 2.78. The highest BCUT2D eigenvalue weighted by Gasteiger charge is 2.26. The number of phenolic OH excluding ortho intramolecular Hbond substituents is 1. The number of phenols is 1. The minimum Gasteiger partial charge on any atom is -0.508 e. The van der Waals surface area contributed by atoms with E-state index in [1.165, 1.54) is 16.7 Å². The van der Waals surface area contributed by atoms with Gasteiger partial charge in [-0.2, -0.15) is 0 Å². The Bertz CT molecular complexity index is 968. The summed E-state index contributed by atoms with van der Waals surface area (Å²) in [4.78, 5) is 32.8. The normalized spacial score (nSPS) is 12.0. The molecule has 0 saturated heterocycles. The van der Waals surface area contributed by atoms with Gasteiger partial charge in [-0.05, 0) is 29.8 Å². The van der Waals surface area contributed by atoms with Crippen molar-refractivity contribution in [2.75, 3.05) is 11.9 Å². The summed E-state index contributed by atoms with van der Waals surface area (Å²) in [6.07, 6.45) is 1.68. The van der Waals surface area contributed by atoms with E-state index < -0.39 is 17.9 Å². The third kappa shape index (κ3) is 4.04. The highest BCUT2D eigenvalue weighted by atomic mass is 16.3. The van der Waals surface area contributed by atoms with Gasteiger partial charge in [-0.3, -0.25) is 19.5 Å². The molecular weight excluding hydrogens is 350 g/mol. The number of aliphatic hydroxyl groups excluding tert-OH is 1. The summed E-state index contributed by atoms with van der Waals surface area (Å²) in [7, 11) is 0. The zero-order chi connectivity index (χ0) is 19.4. The molecule has 3 aromatic rings. The van der Waals surface area contributed by atoms with E-state index in [9.17, 15) is 14.7 Å². The Morgan fingerprint density at radius 1 is 1.22 bits per heavy atom. The number of aromatic nitrogens is 3. The summed E-state index contributed by atoms with van der Waals surface area (Å²) in [5, 5.41) is 21.0. The van der Waals surface area contributed by atoms with Gasteiger partial charge in [0, 0.05) is 12.6 Å². The fraction of sp³-hybridized carbons (Fsp3) is 0.222. The smallest absolute Gasteiger partial charge is 0.241 e. The van der Waals surface area contributed by atoms with E-state index in [1.807, 2.05) is 0 Å². The lowest BCUT2D eigenvalue weighted by Gasteiger charge is -2.18. The largest absolute Gasteiger partial charge is 0.508 e. The fourth-order valence-corrected chi connectivity index (χ4v) is 2.78. The molecule has 9 nitrogen and oxygen atoms in total. The molecule has 2 aromatic heterocycles. The van der Waals surface area contributed by atoms with Crippen LogP contribution in [0, 0.1) is 0 Å². The average Bonchev–Trinajstić information content (AvgIpc) is 2.98. The summed E-state index contributed by atoms with van der Waals surface area (Å²) in [6, 6.07) is 8.93. The number of carbonyl (C=O) groups excluding carboxylic acids is 2. The molecule has 2 amide bonds. The number of fused-ring (bicyclic) bond motifs is 1. The van der Waals surface area contributed by atoms with Crippen LogP contribution in [0.25, 0.3) is 11.2 Å². The second-order valence-corrected chi connectivity index (χ2v) is 5.96. The molecule has 0 aliphatic carbocycles. The summed E-state index contributed by atoms with van der Waals surface area (Å²) in [5.41, 5.74) is 7.30. The van der Waals surface area contributed by atoms with Crippen molar-refractivity contribution in [1.29, 1.82) is 0 Å². The minimum absolute atomic E-state index is 0.101. The molecule has 9 heteroatoms. The molecule has 0 saturated carbocycles. The van der Waals surface area contributed by atoms with Crippen molar-refractivity contribution in [3.05, 3.63) is 48.2 Å². The SMILES string of the molecule is NC(=O)C(Cc1ccc(O)cc1)n1c(NC(=O)CCO)nc2cccnc21. The molecule has 27 heavy (non-hydrogen) atoms. The number of pyridine rings is 1. The molecule has 2 heterocycles. The highest BCUT2D eigenvalue weighted by Crippen LogP contribution is 2.26. The standard InChI is InChI=1S/C18H19N5O4/c19-16(27)14(10-11-3-5-12(25)6-4-11)23-17-13(2-1-8-20-17)21-18(23)22-15(26)7-9-24/h1-6,8,14,24-25H,7,9-10H2,(H2,19,27)(H,21,22,26). The molecule has 140 valence electrons. The van der Waals surface area contributed by atoms with Crippen LogP contribution in [0.2, 0.25) is 0 Å². The summed E-state index contributed by atoms with van der Waals surface area (Å²) in [6.45, 7) is -0.308. The van der Waals surface area contributed by atoms with Crippen molar-refractivity contribution in [3.8, 4) is 5.75 Å². The minimum atomic E-state index is -0.862. The second kappa shape index (κ2) is 7.83. The number of primary amides is 1. The van der Waals surface area contributed by atoms with Gasteiger partial charge in [0.25, 0.3) is 0 Å². The van der Waals surface area contributed by atoms with Crippen LogP contribution < -0.4 is 11.1 Å². The number of nitrogens with two attached hydrogens (primary N) is 1. The van der Waals surface area contributed by atoms with E-state index in [-0.39, 0.29) is 31.1 Å². The molecule has 1 aromatic carbocycles. The van der Waals surface area contributed by atoms with Crippen LogP contribution in [0.1, 0.15) is 18.0 Å². The molecule has 0 aliphatic heterocycles. The van der Waals surface area contributed by atoms with Crippen LogP contribution in [0.5, 0.6) is 5.75 Å². The zero-order valence-electron chi connectivity index (χ0n) is 14.4. The summed E-state index contributed by atoms with van der Waals surface area (Å²) >= 11 is 0. The Balaban J connectivity index is 2.05. The lowest BCUT2D eigenvalue weighted by Crippen LogP contribution is -2.30. The third-order valence-corrected chi connectivity index (χ3v) is 4.04. The number of aromatic hydroxyl groups is 1. The maximum absolute atomic E-state index is 12.2. The predicted molar refractivity (Wildman–Crippen MR) is 97.9 cm³/mol. The Morgan fingerprint density at radius 2 is 1.96 bits per heavy atom. The van der Waals surface area contributed by atoms with Crippen molar-refractivity contribution in [2.24, 2.45) is 5.73 Å². The highest BCUT2D eigenvalue weighted by molar-refractivity contribution is 5.92. The van der Waals surface area contributed by atoms with Crippen LogP contribution in [-0.2, 0) is 16.0 Å². The summed E-state index contributed by atoms with van der Waals surface area (Å²) < 4.78 is 1.49. The van der Waals surface area contributed by atoms with Crippen LogP contribution in [-0.4, -0.2) is 43.2 Å². The van der Waals surface area contributed by atoms with Gasteiger partial charge in [0.15, 0.2) is 5.65 Å². The summed E-state index contributed by atoms with van der Waals surface area (Å²) in [5.74, 6) is -0.821. The number of amides is 2. The molecule has 5 N–H and O–H groups in total. The Morgan fingerprint density at radius 3 is 2.63 bits per heavy atom. The molecule has 0 fully saturated rings. The molecular formula is C18H19N5O4. The maximum Gasteiger partial charge on any atom is 0.241 e. The quantitative estimate of drug-likeness (QED) is 0.483. The van der Waals surface area contributed by atoms with Crippen LogP contribution in [0.3, 0.4) is 0 Å². The number of aliphatic hydroxyl groups is 1. The van der Waals surface area contributed by atoms with Gasteiger partial charge in [0.2, 0.25) is 17.8 Å². The van der Waals surface area contributed by atoms with E-state index in [0.29, 0.717) is 11.2 Å². The Kier molecular flexibility index (Phi) is 5.32. The number of benzene rings is 1. The van der Waals surface area contributed by atoms with Crippen LogP contribution in [0.15, 0.2) is 42.6 Å². The van der Waals surface area contributed by atoms with Crippen molar-refractivity contribution >= 4 is 28.9 Å². The van der Waals surface area contributed by atoms with E-state index in [0.717, 1.165) is 5.56 Å². The third-order valence-electron chi connectivity index (χ3n) is 4.04. The number of anilines is 1. The van der Waals surface area contributed by atoms with Crippen molar-refractivity contribution in [2.45, 2.75) is 18.9 Å². The predicted octanol–water partition coefficient (Wildman–Crippen LogP) is 0.727. The number of imidazole rings is 1. The van der Waals surface area contributed by atoms with E-state index in [1.54, 1.807) is 30.5 Å². The van der Waals surface area contributed by atoms with Crippen LogP contribution in [0.4, 0.5) is 5.95 Å². The molecule has 0 spiro atoms. The number of rotatable bonds is 7. The second-order valence-electron chi connectivity index (χ2n) is 5.96. The van der Waals surface area contributed by atoms with Crippen molar-refractivity contribution < 1.29 is 19.8 Å². The first-order valence-electron chi connectivity index (χ1n) is 8.30. The average molecular weight is 369 g/mol. The Hall–Kier alpha value is -3.46. The molecule has 0 aliphatic rings. The Labute approximate surface area is 154 Å². The number of nitrogens with one attached hydrogen (secondary N) is 1. The first-order valence-corrected chi connectivity index (χ1v) is 8.30. The molecule has 1 atom stereocenters. The zero-order valence-corrected chi connectivity index (χ0v) is 14.4. The van der Waals surface area contributed by atoms with E-state index in [4.69, 9.17) is 10.8 Å². The number of hydrogen-bond acceptors (Lipinski definition) is 6. The van der Waals surface area contributed by atoms with Gasteiger partial charge in [-0.25, -0.2) is 9.97 Å². The topological polar surface area (TPSA) is 143 Å². The monoisotopic (exact) mass is 369 g/mol. The first kappa shape index (κ1) is 18.3. The molecule has 3 rings (SSSR count). The molecule has 0 bridgehead atoms. The number of hydrogen-bond donors (Lipinski definition) is 4. The van der Waals surface area contributed by atoms with Gasteiger partial charge in [0.05, 0.1) is 13.0 Å². The first-order chi connectivity index (χ1) is 13.0. The van der Waals surface area contributed by atoms with Crippen LogP contribution >= 0.6 is 0 Å². The van der Waals surface area contributed by atoms with E-state index >= 15 is 0 Å². The lowest BCUT2D eigenvalue weighted by molar-refractivity contribution is -0.121. The van der Waals surface area contributed by atoms with Gasteiger partial charge in [0.1, 0.15) is 17.3 Å². The number of carbonyl (C=O) groups is 2. The van der Waals surface area contributed by atoms with Gasteiger partial charge in [-0.15, -0.1) is 0 Å². The van der Waals surface area contributed by atoms with Crippen molar-refractivity contribution in [3.63, 3.8) is 0 Å². The van der Waals surface area contributed by atoms with Gasteiger partial charge < -0.3 is 15.9 Å². The maximum atomic E-state index is 12.2. The lowest BCUT2D eigenvalue weighted by atomic mass is 10.0. The van der Waals surface area contributed by atoms with E-state index in [2.05, 4.69) is 15.3 Å². The molecule has 1 unspecified atom stereocenters. The van der Waals surface area contributed by atoms with Gasteiger partial charge >= 0.3 is 0 Å². The number of nitrogens with zero attached hydrogens (tertiary/aromatic N) is 3. The van der Waals surface area contributed by atoms with Gasteiger partial charge in [-0.1, -0.05) is 12.1 Å². The molecule has 0 radical (unpaired) electrons.